The second-order valence-corrected chi connectivity index (χ2v) is 6.16. The Hall–Kier alpha value is -1.69. The molecule has 0 aromatic carbocycles. The molecule has 2 rings (SSSR count). The number of piperidine rings is 1. The number of carboxylic acids is 1. The maximum absolute atomic E-state index is 12.5. The van der Waals surface area contributed by atoms with Gasteiger partial charge in [-0.3, -0.25) is 9.59 Å². The van der Waals surface area contributed by atoms with Crippen molar-refractivity contribution in [3.8, 4) is 0 Å². The topological polar surface area (TPSA) is 74.7 Å². The molecule has 5 nitrogen and oxygen atoms in total. The predicted molar refractivity (Wildman–Crippen MR) is 75.2 cm³/mol. The number of nitrogens with zero attached hydrogens (tertiary/aromatic N) is 1. The average Bonchev–Trinajstić information content (AvgIpc) is 2.87. The Labute approximate surface area is 121 Å². The van der Waals surface area contributed by atoms with Crippen molar-refractivity contribution in [3.63, 3.8) is 0 Å². The standard InChI is InChI=1S/C14H17NO4S/c1-8-3-4-11(14(18)19)15(6-8)13(17)12-5-10(7-20-12)9(2)16/h5,7-8,11H,3-4,6H2,1-2H3,(H,18,19). The Bertz CT molecular complexity index is 551. The highest BCUT2D eigenvalue weighted by Gasteiger charge is 2.35. The van der Waals surface area contributed by atoms with E-state index < -0.39 is 12.0 Å². The molecule has 1 aromatic heterocycles. The van der Waals surface area contributed by atoms with E-state index >= 15 is 0 Å². The third-order valence-electron chi connectivity index (χ3n) is 3.58. The molecule has 1 saturated heterocycles. The van der Waals surface area contributed by atoms with Crippen LogP contribution in [0.15, 0.2) is 11.4 Å². The van der Waals surface area contributed by atoms with E-state index in [1.165, 1.54) is 23.2 Å². The number of carbonyl (C=O) groups excluding carboxylic acids is 2. The van der Waals surface area contributed by atoms with Crippen LogP contribution in [-0.4, -0.2) is 40.3 Å². The molecule has 1 aliphatic heterocycles. The first kappa shape index (κ1) is 14.7. The molecule has 2 heterocycles. The number of rotatable bonds is 3. The van der Waals surface area contributed by atoms with Gasteiger partial charge < -0.3 is 10.0 Å². The van der Waals surface area contributed by atoms with Crippen LogP contribution in [0.1, 0.15) is 46.7 Å². The summed E-state index contributed by atoms with van der Waals surface area (Å²) in [5.74, 6) is -1.06. The summed E-state index contributed by atoms with van der Waals surface area (Å²) in [7, 11) is 0. The maximum atomic E-state index is 12.5. The predicted octanol–water partition coefficient (Wildman–Crippen LogP) is 2.28. The van der Waals surface area contributed by atoms with Crippen molar-refractivity contribution in [2.45, 2.75) is 32.7 Å². The van der Waals surface area contributed by atoms with Gasteiger partial charge in [-0.15, -0.1) is 11.3 Å². The first-order chi connectivity index (χ1) is 9.40. The normalized spacial score (nSPS) is 22.6. The van der Waals surface area contributed by atoms with E-state index in [9.17, 15) is 19.5 Å². The van der Waals surface area contributed by atoms with Crippen molar-refractivity contribution >= 4 is 29.0 Å². The van der Waals surface area contributed by atoms with Crippen molar-refractivity contribution in [3.05, 3.63) is 21.9 Å². The summed E-state index contributed by atoms with van der Waals surface area (Å²) in [4.78, 5) is 36.9. The summed E-state index contributed by atoms with van der Waals surface area (Å²) in [6, 6.07) is 0.787. The number of ketones is 1. The summed E-state index contributed by atoms with van der Waals surface area (Å²) >= 11 is 1.19. The Morgan fingerprint density at radius 1 is 1.35 bits per heavy atom. The minimum Gasteiger partial charge on any atom is -0.480 e. The van der Waals surface area contributed by atoms with Gasteiger partial charge in [-0.25, -0.2) is 4.79 Å². The zero-order valence-electron chi connectivity index (χ0n) is 11.5. The summed E-state index contributed by atoms with van der Waals surface area (Å²) < 4.78 is 0. The summed E-state index contributed by atoms with van der Waals surface area (Å²) in [6.07, 6.45) is 1.29. The van der Waals surface area contributed by atoms with Crippen LogP contribution >= 0.6 is 11.3 Å². The van der Waals surface area contributed by atoms with Crippen LogP contribution in [0.3, 0.4) is 0 Å². The Kier molecular flexibility index (Phi) is 4.23. The average molecular weight is 295 g/mol. The highest BCUT2D eigenvalue weighted by molar-refractivity contribution is 7.12. The first-order valence-electron chi connectivity index (χ1n) is 6.53. The molecule has 0 bridgehead atoms. The first-order valence-corrected chi connectivity index (χ1v) is 7.41. The van der Waals surface area contributed by atoms with Crippen LogP contribution in [0.2, 0.25) is 0 Å². The van der Waals surface area contributed by atoms with Crippen molar-refractivity contribution in [2.24, 2.45) is 5.92 Å². The number of carboxylic acid groups (broad SMARTS) is 1. The van der Waals surface area contributed by atoms with E-state index in [1.54, 1.807) is 11.4 Å². The van der Waals surface area contributed by atoms with Crippen LogP contribution < -0.4 is 0 Å². The molecule has 1 amide bonds. The molecule has 1 N–H and O–H groups in total. The van der Waals surface area contributed by atoms with Crippen molar-refractivity contribution in [1.29, 1.82) is 0 Å². The number of hydrogen-bond acceptors (Lipinski definition) is 4. The number of amides is 1. The van der Waals surface area contributed by atoms with E-state index in [0.29, 0.717) is 29.3 Å². The second-order valence-electron chi connectivity index (χ2n) is 5.25. The molecular formula is C14H17NO4S. The lowest BCUT2D eigenvalue weighted by atomic mass is 9.94. The van der Waals surface area contributed by atoms with E-state index in [1.807, 2.05) is 6.92 Å². The fourth-order valence-corrected chi connectivity index (χ4v) is 3.31. The summed E-state index contributed by atoms with van der Waals surface area (Å²) in [5, 5.41) is 10.9. The van der Waals surface area contributed by atoms with E-state index in [0.717, 1.165) is 6.42 Å². The minimum atomic E-state index is -0.964. The van der Waals surface area contributed by atoms with Crippen molar-refractivity contribution in [2.75, 3.05) is 6.54 Å². The van der Waals surface area contributed by atoms with Crippen LogP contribution in [0, 0.1) is 5.92 Å². The number of thiophene rings is 1. The fraction of sp³-hybridized carbons (Fsp3) is 0.500. The molecule has 1 aromatic rings. The number of aliphatic carboxylic acids is 1. The molecule has 0 radical (unpaired) electrons. The maximum Gasteiger partial charge on any atom is 0.326 e. The molecule has 2 unspecified atom stereocenters. The van der Waals surface area contributed by atoms with Gasteiger partial charge in [-0.05, 0) is 31.7 Å². The molecular weight excluding hydrogens is 278 g/mol. The number of Topliss-reactive ketones (excluding diaryl/α,β-unsaturated/α-hetero) is 1. The van der Waals surface area contributed by atoms with Crippen molar-refractivity contribution < 1.29 is 19.5 Å². The van der Waals surface area contributed by atoms with Crippen LogP contribution in [0.4, 0.5) is 0 Å². The summed E-state index contributed by atoms with van der Waals surface area (Å²) in [5.41, 5.74) is 0.496. The van der Waals surface area contributed by atoms with E-state index in [4.69, 9.17) is 0 Å². The summed E-state index contributed by atoms with van der Waals surface area (Å²) in [6.45, 7) is 3.90. The van der Waals surface area contributed by atoms with E-state index in [-0.39, 0.29) is 11.7 Å². The van der Waals surface area contributed by atoms with Gasteiger partial charge in [0.2, 0.25) is 0 Å². The fourth-order valence-electron chi connectivity index (χ4n) is 2.41. The van der Waals surface area contributed by atoms with Gasteiger partial charge >= 0.3 is 5.97 Å². The number of carbonyl (C=O) groups is 3. The van der Waals surface area contributed by atoms with Crippen LogP contribution in [-0.2, 0) is 4.79 Å². The van der Waals surface area contributed by atoms with Gasteiger partial charge in [0.1, 0.15) is 6.04 Å². The zero-order valence-corrected chi connectivity index (χ0v) is 12.3. The Morgan fingerprint density at radius 2 is 2.05 bits per heavy atom. The number of hydrogen-bond donors (Lipinski definition) is 1. The molecule has 20 heavy (non-hydrogen) atoms. The zero-order chi connectivity index (χ0) is 14.9. The third-order valence-corrected chi connectivity index (χ3v) is 4.50. The Balaban J connectivity index is 2.23. The molecule has 0 saturated carbocycles. The molecule has 1 fully saturated rings. The molecule has 0 spiro atoms. The van der Waals surface area contributed by atoms with Crippen molar-refractivity contribution in [1.82, 2.24) is 4.90 Å². The SMILES string of the molecule is CC(=O)c1csc(C(=O)N2CC(C)CCC2C(=O)O)c1. The van der Waals surface area contributed by atoms with Gasteiger partial charge in [-0.2, -0.15) is 0 Å². The highest BCUT2D eigenvalue weighted by Crippen LogP contribution is 2.26. The van der Waals surface area contributed by atoms with E-state index in [2.05, 4.69) is 0 Å². The molecule has 6 heteroatoms. The minimum absolute atomic E-state index is 0.0953. The largest absolute Gasteiger partial charge is 0.480 e. The number of likely N-dealkylation sites (tertiary alicyclic amines) is 1. The van der Waals surface area contributed by atoms with Gasteiger partial charge in [0, 0.05) is 17.5 Å². The van der Waals surface area contributed by atoms with Gasteiger partial charge in [0.25, 0.3) is 5.91 Å². The van der Waals surface area contributed by atoms with Crippen LogP contribution in [0.5, 0.6) is 0 Å². The lowest BCUT2D eigenvalue weighted by Gasteiger charge is -2.36. The highest BCUT2D eigenvalue weighted by atomic mass is 32.1. The second kappa shape index (κ2) is 5.75. The van der Waals surface area contributed by atoms with Gasteiger partial charge in [-0.1, -0.05) is 6.92 Å². The smallest absolute Gasteiger partial charge is 0.326 e. The lowest BCUT2D eigenvalue weighted by Crippen LogP contribution is -2.50. The lowest BCUT2D eigenvalue weighted by molar-refractivity contribution is -0.143. The monoisotopic (exact) mass is 295 g/mol. The molecule has 2 atom stereocenters. The quantitative estimate of drug-likeness (QED) is 0.868. The Morgan fingerprint density at radius 3 is 2.60 bits per heavy atom. The van der Waals surface area contributed by atoms with Crippen LogP contribution in [0.25, 0.3) is 0 Å². The molecule has 1 aliphatic rings. The molecule has 108 valence electrons. The molecule has 0 aliphatic carbocycles. The van der Waals surface area contributed by atoms with Gasteiger partial charge in [0.05, 0.1) is 4.88 Å². The third kappa shape index (κ3) is 2.90. The van der Waals surface area contributed by atoms with Gasteiger partial charge in [0.15, 0.2) is 5.78 Å².